The van der Waals surface area contributed by atoms with E-state index < -0.39 is 0 Å². The van der Waals surface area contributed by atoms with Crippen LogP contribution in [0.25, 0.3) is 0 Å². The number of thiophene rings is 1. The number of hydrogen-bond donors (Lipinski definition) is 1. The second-order valence-electron chi connectivity index (χ2n) is 5.57. The van der Waals surface area contributed by atoms with Crippen LogP contribution >= 0.6 is 11.3 Å². The molecule has 2 unspecified atom stereocenters. The second-order valence-corrected chi connectivity index (χ2v) is 6.48. The molecule has 1 aromatic heterocycles. The molecular formula is C16H20N2OS. The van der Waals surface area contributed by atoms with Crippen LogP contribution in [0.5, 0.6) is 0 Å². The molecular weight excluding hydrogens is 268 g/mol. The lowest BCUT2D eigenvalue weighted by Gasteiger charge is -2.37. The first-order valence-corrected chi connectivity index (χ1v) is 8.26. The molecule has 2 fully saturated rings. The Labute approximate surface area is 124 Å². The fraction of sp³-hybridized carbons (Fsp3) is 0.562. The zero-order valence-electron chi connectivity index (χ0n) is 11.6. The van der Waals surface area contributed by atoms with E-state index in [0.29, 0.717) is 12.6 Å². The Balaban J connectivity index is 1.83. The molecule has 1 aliphatic heterocycles. The Bertz CT molecular complexity index is 554. The summed E-state index contributed by atoms with van der Waals surface area (Å²) in [4.78, 5) is 15.7. The van der Waals surface area contributed by atoms with Gasteiger partial charge in [-0.3, -0.25) is 4.79 Å². The molecule has 1 aromatic rings. The predicted octanol–water partition coefficient (Wildman–Crippen LogP) is 2.46. The van der Waals surface area contributed by atoms with Crippen LogP contribution in [-0.2, 0) is 0 Å². The first-order chi connectivity index (χ1) is 9.81. The van der Waals surface area contributed by atoms with Crippen molar-refractivity contribution in [1.82, 2.24) is 4.90 Å². The molecule has 1 saturated carbocycles. The molecule has 2 heterocycles. The Hall–Kier alpha value is -1.31. The summed E-state index contributed by atoms with van der Waals surface area (Å²) < 4.78 is 0. The number of likely N-dealkylation sites (tertiary alicyclic amines) is 1. The quantitative estimate of drug-likeness (QED) is 0.807. The standard InChI is InChI=1S/C16H20N2OS/c17-9-2-5-13-8-11-20-15(13)16(19)18-10-3-6-12-4-1-7-14(12)18/h8,11-12,14H,1,3-4,6-7,9-10,17H2. The van der Waals surface area contributed by atoms with E-state index in [1.165, 1.54) is 37.0 Å². The zero-order valence-corrected chi connectivity index (χ0v) is 12.4. The molecule has 4 heteroatoms. The minimum absolute atomic E-state index is 0.179. The number of piperidine rings is 1. The summed E-state index contributed by atoms with van der Waals surface area (Å²) in [6.07, 6.45) is 6.16. The first-order valence-electron chi connectivity index (χ1n) is 7.38. The van der Waals surface area contributed by atoms with E-state index in [1.807, 2.05) is 11.4 Å². The lowest BCUT2D eigenvalue weighted by Crippen LogP contribution is -2.46. The minimum atomic E-state index is 0.179. The summed E-state index contributed by atoms with van der Waals surface area (Å²) in [6, 6.07) is 2.39. The van der Waals surface area contributed by atoms with Crippen LogP contribution in [0.4, 0.5) is 0 Å². The molecule has 2 aliphatic rings. The molecule has 0 spiro atoms. The maximum atomic E-state index is 12.8. The van der Waals surface area contributed by atoms with Crippen LogP contribution in [-0.4, -0.2) is 29.9 Å². The van der Waals surface area contributed by atoms with Crippen LogP contribution in [0.1, 0.15) is 47.3 Å². The summed E-state index contributed by atoms with van der Waals surface area (Å²) in [5.41, 5.74) is 6.26. The van der Waals surface area contributed by atoms with Crippen molar-refractivity contribution in [2.75, 3.05) is 13.1 Å². The lowest BCUT2D eigenvalue weighted by atomic mass is 9.92. The molecule has 106 valence electrons. The van der Waals surface area contributed by atoms with E-state index >= 15 is 0 Å². The highest BCUT2D eigenvalue weighted by Gasteiger charge is 2.38. The van der Waals surface area contributed by atoms with Crippen LogP contribution in [0.15, 0.2) is 11.4 Å². The summed E-state index contributed by atoms with van der Waals surface area (Å²) >= 11 is 1.50. The molecule has 20 heavy (non-hydrogen) atoms. The monoisotopic (exact) mass is 288 g/mol. The number of carbonyl (C=O) groups is 1. The number of nitrogens with zero attached hydrogens (tertiary/aromatic N) is 1. The maximum Gasteiger partial charge on any atom is 0.265 e. The van der Waals surface area contributed by atoms with Crippen LogP contribution in [0, 0.1) is 17.8 Å². The van der Waals surface area contributed by atoms with E-state index in [-0.39, 0.29) is 5.91 Å². The zero-order chi connectivity index (χ0) is 13.9. The lowest BCUT2D eigenvalue weighted by molar-refractivity contribution is 0.0553. The van der Waals surface area contributed by atoms with Crippen molar-refractivity contribution in [3.63, 3.8) is 0 Å². The molecule has 3 nitrogen and oxygen atoms in total. The van der Waals surface area contributed by atoms with E-state index in [4.69, 9.17) is 5.73 Å². The minimum Gasteiger partial charge on any atom is -0.335 e. The fourth-order valence-corrected chi connectivity index (χ4v) is 4.36. The van der Waals surface area contributed by atoms with Crippen molar-refractivity contribution in [2.45, 2.75) is 38.1 Å². The average Bonchev–Trinajstić information content (AvgIpc) is 3.12. The number of amides is 1. The Morgan fingerprint density at radius 3 is 3.10 bits per heavy atom. The number of fused-ring (bicyclic) bond motifs is 1. The van der Waals surface area contributed by atoms with Gasteiger partial charge >= 0.3 is 0 Å². The number of carbonyl (C=O) groups excluding carboxylic acids is 1. The van der Waals surface area contributed by atoms with E-state index in [9.17, 15) is 4.79 Å². The summed E-state index contributed by atoms with van der Waals surface area (Å²) in [7, 11) is 0. The molecule has 2 N–H and O–H groups in total. The third-order valence-electron chi connectivity index (χ3n) is 4.44. The smallest absolute Gasteiger partial charge is 0.265 e. The van der Waals surface area contributed by atoms with Crippen molar-refractivity contribution >= 4 is 17.2 Å². The van der Waals surface area contributed by atoms with E-state index in [2.05, 4.69) is 16.7 Å². The van der Waals surface area contributed by atoms with Gasteiger partial charge in [-0.1, -0.05) is 18.3 Å². The third kappa shape index (κ3) is 2.48. The maximum absolute atomic E-state index is 12.8. The van der Waals surface area contributed by atoms with Crippen molar-refractivity contribution in [1.29, 1.82) is 0 Å². The van der Waals surface area contributed by atoms with E-state index in [0.717, 1.165) is 29.3 Å². The second kappa shape index (κ2) is 5.99. The van der Waals surface area contributed by atoms with Gasteiger partial charge in [0.15, 0.2) is 0 Å². The molecule has 1 aliphatic carbocycles. The SMILES string of the molecule is NCC#Cc1ccsc1C(=O)N1CCCC2CCCC21. The largest absolute Gasteiger partial charge is 0.335 e. The number of nitrogens with two attached hydrogens (primary N) is 1. The van der Waals surface area contributed by atoms with Crippen LogP contribution in [0.3, 0.4) is 0 Å². The van der Waals surface area contributed by atoms with Crippen molar-refractivity contribution in [2.24, 2.45) is 11.7 Å². The van der Waals surface area contributed by atoms with E-state index in [1.54, 1.807) is 0 Å². The third-order valence-corrected chi connectivity index (χ3v) is 5.34. The van der Waals surface area contributed by atoms with Gasteiger partial charge in [0.25, 0.3) is 5.91 Å². The van der Waals surface area contributed by atoms with Gasteiger partial charge in [-0.2, -0.15) is 0 Å². The first kappa shape index (κ1) is 13.7. The molecule has 0 aromatic carbocycles. The Kier molecular flexibility index (Phi) is 4.09. The van der Waals surface area contributed by atoms with Crippen LogP contribution in [0.2, 0.25) is 0 Å². The van der Waals surface area contributed by atoms with Gasteiger partial charge in [0.1, 0.15) is 4.88 Å². The molecule has 0 bridgehead atoms. The molecule has 1 saturated heterocycles. The van der Waals surface area contributed by atoms with Gasteiger partial charge < -0.3 is 10.6 Å². The van der Waals surface area contributed by atoms with Gasteiger partial charge in [-0.05, 0) is 43.0 Å². The molecule has 2 atom stereocenters. The highest BCUT2D eigenvalue weighted by Crippen LogP contribution is 2.37. The normalized spacial score (nSPS) is 24.9. The van der Waals surface area contributed by atoms with Gasteiger partial charge in [-0.25, -0.2) is 0 Å². The van der Waals surface area contributed by atoms with Gasteiger partial charge in [0, 0.05) is 18.2 Å². The number of hydrogen-bond acceptors (Lipinski definition) is 3. The molecule has 3 rings (SSSR count). The van der Waals surface area contributed by atoms with Gasteiger partial charge in [-0.15, -0.1) is 11.3 Å². The topological polar surface area (TPSA) is 46.3 Å². The average molecular weight is 288 g/mol. The summed E-state index contributed by atoms with van der Waals surface area (Å²) in [6.45, 7) is 1.24. The fourth-order valence-electron chi connectivity index (χ4n) is 3.56. The van der Waals surface area contributed by atoms with Crippen molar-refractivity contribution < 1.29 is 4.79 Å². The van der Waals surface area contributed by atoms with Gasteiger partial charge in [0.05, 0.1) is 6.54 Å². The van der Waals surface area contributed by atoms with Crippen molar-refractivity contribution in [3.8, 4) is 11.8 Å². The molecule has 0 radical (unpaired) electrons. The highest BCUT2D eigenvalue weighted by atomic mass is 32.1. The summed E-state index contributed by atoms with van der Waals surface area (Å²) in [5, 5.41) is 1.95. The summed E-state index contributed by atoms with van der Waals surface area (Å²) in [5.74, 6) is 6.78. The molecule has 1 amide bonds. The van der Waals surface area contributed by atoms with Crippen LogP contribution < -0.4 is 5.73 Å². The Morgan fingerprint density at radius 2 is 2.25 bits per heavy atom. The predicted molar refractivity (Wildman–Crippen MR) is 81.7 cm³/mol. The van der Waals surface area contributed by atoms with Gasteiger partial charge in [0.2, 0.25) is 0 Å². The highest BCUT2D eigenvalue weighted by molar-refractivity contribution is 7.12. The Morgan fingerprint density at radius 1 is 1.40 bits per heavy atom. The van der Waals surface area contributed by atoms with Crippen molar-refractivity contribution in [3.05, 3.63) is 21.9 Å². The number of rotatable bonds is 1.